The van der Waals surface area contributed by atoms with Crippen molar-refractivity contribution in [2.75, 3.05) is 0 Å². The number of hydrogen-bond acceptors (Lipinski definition) is 1. The molecule has 0 aromatic heterocycles. The van der Waals surface area contributed by atoms with Crippen LogP contribution in [0.3, 0.4) is 0 Å². The number of alkyl halides is 4. The van der Waals surface area contributed by atoms with Crippen LogP contribution in [0, 0.1) is 11.8 Å². The molecule has 0 heterocycles. The maximum atomic E-state index is 14.6. The Labute approximate surface area is 157 Å². The molecule has 0 saturated heterocycles. The van der Waals surface area contributed by atoms with E-state index in [1.807, 2.05) is 0 Å². The van der Waals surface area contributed by atoms with Gasteiger partial charge in [0, 0.05) is 16.4 Å². The van der Waals surface area contributed by atoms with Gasteiger partial charge < -0.3 is 0 Å². The maximum Gasteiger partial charge on any atom is 0.335 e. The molecule has 1 aromatic rings. The van der Waals surface area contributed by atoms with Gasteiger partial charge in [-0.1, -0.05) is 51.2 Å². The van der Waals surface area contributed by atoms with Crippen molar-refractivity contribution in [1.29, 1.82) is 0 Å². The third-order valence-electron chi connectivity index (χ3n) is 5.55. The summed E-state index contributed by atoms with van der Waals surface area (Å²) < 4.78 is 70.6. The Kier molecular flexibility index (Phi) is 7.80. The Balaban J connectivity index is 1.96. The van der Waals surface area contributed by atoms with Crippen molar-refractivity contribution in [3.05, 3.63) is 29.8 Å². The van der Waals surface area contributed by atoms with Gasteiger partial charge in [0.2, 0.25) is 0 Å². The van der Waals surface area contributed by atoms with Crippen molar-refractivity contribution in [2.45, 2.75) is 81.5 Å². The summed E-state index contributed by atoms with van der Waals surface area (Å²) in [6, 6.07) is 4.01. The molecule has 0 atom stereocenters. The monoisotopic (exact) mass is 394 g/mol. The number of rotatable bonds is 9. The molecular formula is C20H27F5S. The van der Waals surface area contributed by atoms with E-state index in [2.05, 4.69) is 6.92 Å². The summed E-state index contributed by atoms with van der Waals surface area (Å²) in [7, 11) is 0. The summed E-state index contributed by atoms with van der Waals surface area (Å²) in [6.45, 7) is 2.14. The van der Waals surface area contributed by atoms with E-state index in [9.17, 15) is 21.4 Å². The average molecular weight is 394 g/mol. The second kappa shape index (κ2) is 9.43. The smallest absolute Gasteiger partial charge is 0.199 e. The second-order valence-corrected chi connectivity index (χ2v) is 7.99. The molecule has 26 heavy (non-hydrogen) atoms. The molecule has 0 nitrogen and oxygen atoms in total. The van der Waals surface area contributed by atoms with Crippen LogP contribution in [-0.2, 0) is 5.92 Å². The zero-order valence-corrected chi connectivity index (χ0v) is 15.9. The van der Waals surface area contributed by atoms with Crippen LogP contribution in [0.5, 0.6) is 0 Å². The first kappa shape index (κ1) is 21.5. The minimum atomic E-state index is -4.24. The lowest BCUT2D eigenvalue weighted by molar-refractivity contribution is -0.249. The summed E-state index contributed by atoms with van der Waals surface area (Å²) in [5.41, 5.74) is -0.748. The highest BCUT2D eigenvalue weighted by Gasteiger charge is 2.61. The van der Waals surface area contributed by atoms with Gasteiger partial charge in [-0.05, 0) is 43.7 Å². The molecule has 0 amide bonds. The predicted octanol–water partition coefficient (Wildman–Crippen LogP) is 8.17. The Bertz CT molecular complexity index is 536. The molecule has 0 bridgehead atoms. The van der Waals surface area contributed by atoms with E-state index < -0.39 is 23.3 Å². The molecular weight excluding hydrogens is 367 g/mol. The van der Waals surface area contributed by atoms with Crippen LogP contribution >= 0.6 is 12.1 Å². The van der Waals surface area contributed by atoms with Gasteiger partial charge in [0.05, 0.1) is 12.1 Å². The van der Waals surface area contributed by atoms with Crippen LogP contribution in [0.2, 0.25) is 0 Å². The topological polar surface area (TPSA) is 0 Å². The number of unbranched alkanes of at least 4 members (excludes halogenated alkanes) is 3. The van der Waals surface area contributed by atoms with E-state index in [-0.39, 0.29) is 29.9 Å². The van der Waals surface area contributed by atoms with Crippen LogP contribution in [0.25, 0.3) is 0 Å². The van der Waals surface area contributed by atoms with Crippen molar-refractivity contribution < 1.29 is 21.4 Å². The molecule has 0 aliphatic heterocycles. The Morgan fingerprint density at radius 1 is 0.923 bits per heavy atom. The lowest BCUT2D eigenvalue weighted by atomic mass is 9.75. The lowest BCUT2D eigenvalue weighted by Gasteiger charge is -2.37. The van der Waals surface area contributed by atoms with Crippen molar-refractivity contribution in [2.24, 2.45) is 11.8 Å². The van der Waals surface area contributed by atoms with Gasteiger partial charge in [-0.15, -0.1) is 0 Å². The Morgan fingerprint density at radius 3 is 2.08 bits per heavy atom. The first-order valence-electron chi connectivity index (χ1n) is 9.47. The summed E-state index contributed by atoms with van der Waals surface area (Å²) >= 11 is -0.0991. The third kappa shape index (κ3) is 4.93. The summed E-state index contributed by atoms with van der Waals surface area (Å²) in [5, 5.41) is 0. The highest BCUT2D eigenvalue weighted by Crippen LogP contribution is 2.52. The van der Waals surface area contributed by atoms with Gasteiger partial charge in [-0.3, -0.25) is 0 Å². The van der Waals surface area contributed by atoms with E-state index in [4.69, 9.17) is 0 Å². The fourth-order valence-electron chi connectivity index (χ4n) is 3.84. The molecule has 2 rings (SSSR count). The second-order valence-electron chi connectivity index (χ2n) is 7.37. The molecule has 1 aromatic carbocycles. The van der Waals surface area contributed by atoms with Gasteiger partial charge in [-0.25, -0.2) is 0 Å². The largest absolute Gasteiger partial charge is 0.335 e. The molecule has 0 N–H and O–H groups in total. The highest BCUT2D eigenvalue weighted by molar-refractivity contribution is 7.94. The molecule has 1 aliphatic rings. The lowest BCUT2D eigenvalue weighted by Crippen LogP contribution is -2.45. The molecule has 1 fully saturated rings. The van der Waals surface area contributed by atoms with Crippen molar-refractivity contribution in [3.8, 4) is 0 Å². The van der Waals surface area contributed by atoms with Gasteiger partial charge >= 0.3 is 11.8 Å². The zero-order valence-electron chi connectivity index (χ0n) is 15.1. The van der Waals surface area contributed by atoms with Gasteiger partial charge in [0.1, 0.15) is 0 Å². The summed E-state index contributed by atoms with van der Waals surface area (Å²) in [5.74, 6) is -9.26. The van der Waals surface area contributed by atoms with E-state index in [0.717, 1.165) is 49.9 Å². The van der Waals surface area contributed by atoms with Crippen LogP contribution in [0.15, 0.2) is 29.2 Å². The van der Waals surface area contributed by atoms with Gasteiger partial charge in [-0.2, -0.15) is 21.4 Å². The molecule has 6 heteroatoms. The normalized spacial score (nSPS) is 21.8. The van der Waals surface area contributed by atoms with Gasteiger partial charge in [0.25, 0.3) is 0 Å². The molecule has 1 saturated carbocycles. The average Bonchev–Trinajstić information content (AvgIpc) is 2.65. The maximum absolute atomic E-state index is 14.6. The van der Waals surface area contributed by atoms with E-state index >= 15 is 0 Å². The fraction of sp³-hybridized carbons (Fsp3) is 0.700. The van der Waals surface area contributed by atoms with Gasteiger partial charge in [0.15, 0.2) is 0 Å². The van der Waals surface area contributed by atoms with Crippen LogP contribution < -0.4 is 0 Å². The standard InChI is InChI=1S/C20H27F5S/c1-2-3-4-5-6-15-7-9-16(10-8-15)19(21,22)20(23,24)17-11-13-18(26-25)14-12-17/h11-16H,2-10H2,1H3/t15-,16-. The number of hydrogen-bond donors (Lipinski definition) is 0. The van der Waals surface area contributed by atoms with E-state index in [0.29, 0.717) is 18.8 Å². The minimum Gasteiger partial charge on any atom is -0.199 e. The van der Waals surface area contributed by atoms with Crippen molar-refractivity contribution >= 4 is 12.1 Å². The molecule has 1 aliphatic carbocycles. The molecule has 0 spiro atoms. The zero-order chi connectivity index (χ0) is 19.2. The SMILES string of the molecule is CCCCCC[C@H]1CC[C@H](C(F)(F)C(F)(F)c2ccc(SF)cc2)CC1. The molecule has 0 radical (unpaired) electrons. The number of benzene rings is 1. The van der Waals surface area contributed by atoms with E-state index in [1.165, 1.54) is 6.42 Å². The van der Waals surface area contributed by atoms with E-state index in [1.54, 1.807) is 0 Å². The first-order chi connectivity index (χ1) is 12.3. The summed E-state index contributed by atoms with van der Waals surface area (Å²) in [6.07, 6.45) is 7.06. The fourth-order valence-corrected chi connectivity index (χ4v) is 4.08. The number of halogens is 5. The molecule has 0 unspecified atom stereocenters. The highest BCUT2D eigenvalue weighted by atomic mass is 32.2. The Hall–Kier alpha value is -0.780. The minimum absolute atomic E-state index is 0.0991. The van der Waals surface area contributed by atoms with Crippen LogP contribution in [-0.4, -0.2) is 5.92 Å². The van der Waals surface area contributed by atoms with Crippen molar-refractivity contribution in [1.82, 2.24) is 0 Å². The van der Waals surface area contributed by atoms with Crippen LogP contribution in [0.1, 0.15) is 70.3 Å². The first-order valence-corrected chi connectivity index (χ1v) is 10.2. The summed E-state index contributed by atoms with van der Waals surface area (Å²) in [4.78, 5) is 0.122. The third-order valence-corrected chi connectivity index (χ3v) is 6.00. The predicted molar refractivity (Wildman–Crippen MR) is 96.5 cm³/mol. The quantitative estimate of drug-likeness (QED) is 0.301. The van der Waals surface area contributed by atoms with Crippen molar-refractivity contribution in [3.63, 3.8) is 0 Å². The van der Waals surface area contributed by atoms with Crippen LogP contribution in [0.4, 0.5) is 21.4 Å². The molecule has 148 valence electrons. The Morgan fingerprint density at radius 2 is 1.54 bits per heavy atom.